The molecule has 0 saturated heterocycles. The number of aliphatic hydroxyl groups excluding tert-OH is 1. The molecule has 1 unspecified atom stereocenters. The zero-order valence-corrected chi connectivity index (χ0v) is 18.0. The van der Waals surface area contributed by atoms with Crippen molar-refractivity contribution in [2.75, 3.05) is 32.1 Å². The lowest BCUT2D eigenvalue weighted by atomic mass is 10.0. The Kier molecular flexibility index (Phi) is 10.7. The lowest BCUT2D eigenvalue weighted by molar-refractivity contribution is -0.115. The van der Waals surface area contributed by atoms with Crippen LogP contribution in [-0.2, 0) is 4.79 Å². The van der Waals surface area contributed by atoms with Crippen molar-refractivity contribution in [1.82, 2.24) is 10.6 Å². The summed E-state index contributed by atoms with van der Waals surface area (Å²) in [5.41, 5.74) is 2.38. The van der Waals surface area contributed by atoms with Crippen LogP contribution in [0, 0.1) is 12.3 Å². The summed E-state index contributed by atoms with van der Waals surface area (Å²) >= 11 is 0. The zero-order chi connectivity index (χ0) is 19.5. The van der Waals surface area contributed by atoms with E-state index in [4.69, 9.17) is 6.42 Å². The van der Waals surface area contributed by atoms with Gasteiger partial charge in [0.15, 0.2) is 5.96 Å². The van der Waals surface area contributed by atoms with Gasteiger partial charge in [-0.1, -0.05) is 42.3 Å². The Balaban J connectivity index is 0.00000392. The normalized spacial score (nSPS) is 11.5. The first-order chi connectivity index (χ1) is 13.2. The van der Waals surface area contributed by atoms with E-state index in [0.717, 1.165) is 5.56 Å². The van der Waals surface area contributed by atoms with E-state index in [2.05, 4.69) is 26.9 Å². The van der Waals surface area contributed by atoms with Crippen LogP contribution < -0.4 is 16.0 Å². The van der Waals surface area contributed by atoms with Gasteiger partial charge in [-0.2, -0.15) is 0 Å². The number of terminal acetylenes is 1. The third kappa shape index (κ3) is 7.58. The molecule has 0 aliphatic carbocycles. The molecule has 0 heterocycles. The maximum Gasteiger partial charge on any atom is 0.243 e. The summed E-state index contributed by atoms with van der Waals surface area (Å²) in [5.74, 6) is 2.73. The van der Waals surface area contributed by atoms with Crippen molar-refractivity contribution >= 4 is 41.5 Å². The molecule has 0 aliphatic heterocycles. The van der Waals surface area contributed by atoms with Gasteiger partial charge in [0.25, 0.3) is 0 Å². The molecular weight excluding hydrogens is 467 g/mol. The number of hydrogen-bond acceptors (Lipinski definition) is 3. The van der Waals surface area contributed by atoms with Crippen LogP contribution in [-0.4, -0.2) is 43.7 Å². The number of nitrogens with one attached hydrogen (secondary N) is 3. The van der Waals surface area contributed by atoms with Crippen molar-refractivity contribution in [1.29, 1.82) is 0 Å². The summed E-state index contributed by atoms with van der Waals surface area (Å²) in [7, 11) is 1.63. The number of amides is 1. The minimum atomic E-state index is -0.214. The van der Waals surface area contributed by atoms with E-state index in [1.165, 1.54) is 0 Å². The van der Waals surface area contributed by atoms with Crippen LogP contribution in [0.1, 0.15) is 17.0 Å². The van der Waals surface area contributed by atoms with Gasteiger partial charge in [0.05, 0.1) is 13.2 Å². The molecule has 4 N–H and O–H groups in total. The third-order valence-electron chi connectivity index (χ3n) is 3.96. The Bertz CT molecular complexity index is 819. The van der Waals surface area contributed by atoms with E-state index in [1.54, 1.807) is 31.3 Å². The van der Waals surface area contributed by atoms with Gasteiger partial charge in [-0.3, -0.25) is 9.79 Å². The molecule has 0 spiro atoms. The summed E-state index contributed by atoms with van der Waals surface area (Å²) < 4.78 is 0. The Morgan fingerprint density at radius 2 is 1.93 bits per heavy atom. The largest absolute Gasteiger partial charge is 0.396 e. The highest BCUT2D eigenvalue weighted by molar-refractivity contribution is 14.0. The van der Waals surface area contributed by atoms with Crippen LogP contribution in [0.5, 0.6) is 0 Å². The Labute approximate surface area is 182 Å². The second kappa shape index (κ2) is 12.8. The summed E-state index contributed by atoms with van der Waals surface area (Å²) in [4.78, 5) is 16.2. The predicted molar refractivity (Wildman–Crippen MR) is 124 cm³/mol. The number of anilines is 1. The van der Waals surface area contributed by atoms with Crippen molar-refractivity contribution in [3.8, 4) is 12.3 Å². The molecule has 0 aliphatic rings. The van der Waals surface area contributed by atoms with Gasteiger partial charge in [-0.15, -0.1) is 30.4 Å². The molecule has 1 amide bonds. The fourth-order valence-corrected chi connectivity index (χ4v) is 2.51. The van der Waals surface area contributed by atoms with Crippen LogP contribution in [0.25, 0.3) is 0 Å². The number of hydrogen-bond donors (Lipinski definition) is 4. The molecule has 148 valence electrons. The quantitative estimate of drug-likeness (QED) is 0.207. The third-order valence-corrected chi connectivity index (χ3v) is 3.96. The van der Waals surface area contributed by atoms with E-state index in [-0.39, 0.29) is 49.0 Å². The smallest absolute Gasteiger partial charge is 0.243 e. The number of carbonyl (C=O) groups is 1. The number of halogens is 1. The number of aliphatic hydroxyl groups is 1. The minimum Gasteiger partial charge on any atom is -0.396 e. The standard InChI is InChI=1S/C21H24N4O2.HI/c1-3-16-8-7-11-19(12-16)25-20(27)14-24-21(22-2)23-13-18(15-26)17-9-5-4-6-10-17;/h1,4-12,18,26H,13-15H2,2H3,(H,25,27)(H2,22,23,24);1H. The summed E-state index contributed by atoms with van der Waals surface area (Å²) in [5, 5.41) is 18.5. The van der Waals surface area contributed by atoms with Gasteiger partial charge in [-0.25, -0.2) is 0 Å². The van der Waals surface area contributed by atoms with Crippen molar-refractivity contribution in [3.63, 3.8) is 0 Å². The van der Waals surface area contributed by atoms with Gasteiger partial charge in [-0.05, 0) is 23.8 Å². The zero-order valence-electron chi connectivity index (χ0n) is 15.7. The number of nitrogens with zero attached hydrogens (tertiary/aromatic N) is 1. The van der Waals surface area contributed by atoms with Crippen molar-refractivity contribution in [2.45, 2.75) is 5.92 Å². The highest BCUT2D eigenvalue weighted by Gasteiger charge is 2.11. The van der Waals surface area contributed by atoms with Crippen LogP contribution in [0.15, 0.2) is 59.6 Å². The van der Waals surface area contributed by atoms with Crippen molar-refractivity contribution in [3.05, 3.63) is 65.7 Å². The van der Waals surface area contributed by atoms with E-state index in [1.807, 2.05) is 30.3 Å². The van der Waals surface area contributed by atoms with Gasteiger partial charge < -0.3 is 21.1 Å². The van der Waals surface area contributed by atoms with Gasteiger partial charge >= 0.3 is 0 Å². The molecule has 0 radical (unpaired) electrons. The number of rotatable bonds is 7. The maximum absolute atomic E-state index is 12.1. The Morgan fingerprint density at radius 1 is 1.18 bits per heavy atom. The van der Waals surface area contributed by atoms with E-state index in [0.29, 0.717) is 23.8 Å². The second-order valence-corrected chi connectivity index (χ2v) is 5.87. The van der Waals surface area contributed by atoms with Gasteiger partial charge in [0, 0.05) is 30.8 Å². The highest BCUT2D eigenvalue weighted by atomic mass is 127. The molecule has 0 bridgehead atoms. The molecule has 0 aromatic heterocycles. The molecular formula is C21H25IN4O2. The number of aliphatic imine (C=N–C) groups is 1. The fourth-order valence-electron chi connectivity index (χ4n) is 2.51. The first-order valence-electron chi connectivity index (χ1n) is 8.63. The Hall–Kier alpha value is -2.57. The summed E-state index contributed by atoms with van der Waals surface area (Å²) in [6, 6.07) is 16.8. The van der Waals surface area contributed by atoms with E-state index < -0.39 is 0 Å². The lowest BCUT2D eigenvalue weighted by Crippen LogP contribution is -2.43. The molecule has 0 fully saturated rings. The molecule has 28 heavy (non-hydrogen) atoms. The highest BCUT2D eigenvalue weighted by Crippen LogP contribution is 2.13. The van der Waals surface area contributed by atoms with Crippen LogP contribution in [0.2, 0.25) is 0 Å². The average molecular weight is 492 g/mol. The molecule has 2 aromatic rings. The summed E-state index contributed by atoms with van der Waals surface area (Å²) in [6.07, 6.45) is 5.36. The van der Waals surface area contributed by atoms with Crippen LogP contribution >= 0.6 is 24.0 Å². The summed E-state index contributed by atoms with van der Waals surface area (Å²) in [6.45, 7) is 0.557. The molecule has 1 atom stereocenters. The van der Waals surface area contributed by atoms with Crippen LogP contribution in [0.3, 0.4) is 0 Å². The van der Waals surface area contributed by atoms with Gasteiger partial charge in [0.1, 0.15) is 0 Å². The Morgan fingerprint density at radius 3 is 2.57 bits per heavy atom. The first kappa shape index (κ1) is 23.5. The second-order valence-electron chi connectivity index (χ2n) is 5.87. The lowest BCUT2D eigenvalue weighted by Gasteiger charge is -2.18. The molecule has 7 heteroatoms. The molecule has 0 saturated carbocycles. The molecule has 6 nitrogen and oxygen atoms in total. The SMILES string of the molecule is C#Cc1cccc(NC(=O)CNC(=NC)NCC(CO)c2ccccc2)c1.I. The van der Waals surface area contributed by atoms with Crippen molar-refractivity contribution in [2.24, 2.45) is 4.99 Å². The van der Waals surface area contributed by atoms with Crippen LogP contribution in [0.4, 0.5) is 5.69 Å². The van der Waals surface area contributed by atoms with Gasteiger partial charge in [0.2, 0.25) is 5.91 Å². The first-order valence-corrected chi connectivity index (χ1v) is 8.63. The molecule has 2 aromatic carbocycles. The monoisotopic (exact) mass is 492 g/mol. The van der Waals surface area contributed by atoms with Crippen molar-refractivity contribution < 1.29 is 9.90 Å². The average Bonchev–Trinajstić information content (AvgIpc) is 2.71. The fraction of sp³-hybridized carbons (Fsp3) is 0.238. The topological polar surface area (TPSA) is 85.8 Å². The maximum atomic E-state index is 12.1. The number of guanidine groups is 1. The number of carbonyl (C=O) groups excluding carboxylic acids is 1. The van der Waals surface area contributed by atoms with E-state index >= 15 is 0 Å². The molecule has 2 rings (SSSR count). The minimum absolute atomic E-state index is 0. The predicted octanol–water partition coefficient (Wildman–Crippen LogP) is 2.17. The van der Waals surface area contributed by atoms with E-state index in [9.17, 15) is 9.90 Å². The number of benzene rings is 2.